The van der Waals surface area contributed by atoms with E-state index in [1.165, 1.54) is 0 Å². The molecule has 1 heterocycles. The lowest BCUT2D eigenvalue weighted by Gasteiger charge is -2.44. The normalized spacial score (nSPS) is 21.4. The third kappa shape index (κ3) is 0.632. The molecular formula is C5H8N2O3. The maximum absolute atomic E-state index is 10.7. The standard InChI is InChI=1S/C5H8N2O3/c1-5(2)3(8)6-7(5)4(9)10/h1-2H3,(H,6,8)(H,9,10). The second kappa shape index (κ2) is 1.62. The molecule has 1 rings (SSSR count). The third-order valence-corrected chi connectivity index (χ3v) is 1.52. The van der Waals surface area contributed by atoms with Crippen molar-refractivity contribution >= 4 is 12.0 Å². The molecule has 1 aliphatic rings. The molecule has 0 atom stereocenters. The van der Waals surface area contributed by atoms with Crippen molar-refractivity contribution in [3.05, 3.63) is 0 Å². The number of nitrogens with zero attached hydrogens (tertiary/aromatic N) is 1. The molecule has 5 nitrogen and oxygen atoms in total. The van der Waals surface area contributed by atoms with E-state index in [4.69, 9.17) is 5.11 Å². The summed E-state index contributed by atoms with van der Waals surface area (Å²) in [5, 5.41) is 9.27. The number of carbonyl (C=O) groups excluding carboxylic acids is 1. The van der Waals surface area contributed by atoms with Gasteiger partial charge >= 0.3 is 6.09 Å². The van der Waals surface area contributed by atoms with Gasteiger partial charge in [-0.25, -0.2) is 9.80 Å². The summed E-state index contributed by atoms with van der Waals surface area (Å²) in [5.41, 5.74) is 1.23. The lowest BCUT2D eigenvalue weighted by Crippen LogP contribution is -2.74. The van der Waals surface area contributed by atoms with Crippen molar-refractivity contribution in [2.75, 3.05) is 0 Å². The minimum Gasteiger partial charge on any atom is -0.464 e. The SMILES string of the molecule is CC1(C)C(=O)NN1C(=O)O. The first-order chi connectivity index (χ1) is 4.46. The highest BCUT2D eigenvalue weighted by molar-refractivity contribution is 5.95. The van der Waals surface area contributed by atoms with Crippen LogP contribution in [-0.4, -0.2) is 27.7 Å². The van der Waals surface area contributed by atoms with E-state index in [-0.39, 0.29) is 5.91 Å². The molecule has 0 radical (unpaired) electrons. The first-order valence-electron chi connectivity index (χ1n) is 2.80. The second-order valence-electron chi connectivity index (χ2n) is 2.62. The Hall–Kier alpha value is -1.26. The van der Waals surface area contributed by atoms with Crippen LogP contribution in [0.15, 0.2) is 0 Å². The van der Waals surface area contributed by atoms with Gasteiger partial charge in [-0.15, -0.1) is 0 Å². The summed E-state index contributed by atoms with van der Waals surface area (Å²) < 4.78 is 0. The van der Waals surface area contributed by atoms with Crippen molar-refractivity contribution in [3.63, 3.8) is 0 Å². The highest BCUT2D eigenvalue weighted by Crippen LogP contribution is 2.20. The Morgan fingerprint density at radius 1 is 1.70 bits per heavy atom. The maximum atomic E-state index is 10.7. The fraction of sp³-hybridized carbons (Fsp3) is 0.600. The molecule has 1 saturated heterocycles. The lowest BCUT2D eigenvalue weighted by molar-refractivity contribution is -0.154. The van der Waals surface area contributed by atoms with Crippen molar-refractivity contribution in [3.8, 4) is 0 Å². The summed E-state index contributed by atoms with van der Waals surface area (Å²) in [6.07, 6.45) is -1.13. The Morgan fingerprint density at radius 3 is 2.30 bits per heavy atom. The molecule has 0 saturated carbocycles. The Kier molecular flexibility index (Phi) is 1.11. The Morgan fingerprint density at radius 2 is 2.20 bits per heavy atom. The zero-order valence-corrected chi connectivity index (χ0v) is 5.71. The molecule has 56 valence electrons. The van der Waals surface area contributed by atoms with Crippen LogP contribution in [0.25, 0.3) is 0 Å². The predicted octanol–water partition coefficient (Wildman–Crippen LogP) is -0.210. The van der Waals surface area contributed by atoms with Crippen molar-refractivity contribution in [2.24, 2.45) is 0 Å². The molecule has 0 bridgehead atoms. The molecule has 0 unspecified atom stereocenters. The van der Waals surface area contributed by atoms with Crippen molar-refractivity contribution in [2.45, 2.75) is 19.4 Å². The van der Waals surface area contributed by atoms with Crippen LogP contribution in [0.4, 0.5) is 4.79 Å². The summed E-state index contributed by atoms with van der Waals surface area (Å²) in [6, 6.07) is 0. The zero-order chi connectivity index (χ0) is 7.94. The minimum atomic E-state index is -1.13. The number of carboxylic acid groups (broad SMARTS) is 1. The number of hydrazine groups is 1. The van der Waals surface area contributed by atoms with E-state index >= 15 is 0 Å². The van der Waals surface area contributed by atoms with E-state index in [0.717, 1.165) is 5.01 Å². The van der Waals surface area contributed by atoms with Crippen molar-refractivity contribution in [1.29, 1.82) is 0 Å². The van der Waals surface area contributed by atoms with E-state index in [1.54, 1.807) is 13.8 Å². The summed E-state index contributed by atoms with van der Waals surface area (Å²) >= 11 is 0. The maximum Gasteiger partial charge on any atom is 0.427 e. The third-order valence-electron chi connectivity index (χ3n) is 1.52. The molecule has 2 amide bonds. The molecule has 0 spiro atoms. The highest BCUT2D eigenvalue weighted by Gasteiger charge is 2.48. The van der Waals surface area contributed by atoms with Crippen LogP contribution >= 0.6 is 0 Å². The minimum absolute atomic E-state index is 0.269. The lowest BCUT2D eigenvalue weighted by atomic mass is 10.0. The summed E-state index contributed by atoms with van der Waals surface area (Å²) in [6.45, 7) is 3.08. The summed E-state index contributed by atoms with van der Waals surface area (Å²) in [7, 11) is 0. The van der Waals surface area contributed by atoms with Gasteiger partial charge in [0.15, 0.2) is 0 Å². The van der Waals surface area contributed by atoms with Gasteiger partial charge in [-0.3, -0.25) is 10.2 Å². The molecule has 0 aromatic rings. The number of nitrogens with one attached hydrogen (secondary N) is 1. The van der Waals surface area contributed by atoms with Gasteiger partial charge in [-0.1, -0.05) is 0 Å². The monoisotopic (exact) mass is 144 g/mol. The Bertz CT molecular complexity index is 199. The van der Waals surface area contributed by atoms with E-state index < -0.39 is 11.6 Å². The molecule has 0 aromatic heterocycles. The predicted molar refractivity (Wildman–Crippen MR) is 32.1 cm³/mol. The molecule has 10 heavy (non-hydrogen) atoms. The molecule has 1 aliphatic heterocycles. The summed E-state index contributed by atoms with van der Waals surface area (Å²) in [4.78, 5) is 20.9. The average Bonchev–Trinajstić information content (AvgIpc) is 1.82. The van der Waals surface area contributed by atoms with E-state index in [0.29, 0.717) is 0 Å². The molecule has 0 aliphatic carbocycles. The van der Waals surface area contributed by atoms with Gasteiger partial charge in [-0.2, -0.15) is 0 Å². The van der Waals surface area contributed by atoms with E-state index in [2.05, 4.69) is 5.43 Å². The van der Waals surface area contributed by atoms with Crippen LogP contribution < -0.4 is 5.43 Å². The first-order valence-corrected chi connectivity index (χ1v) is 2.80. The van der Waals surface area contributed by atoms with Crippen LogP contribution in [-0.2, 0) is 4.79 Å². The highest BCUT2D eigenvalue weighted by atomic mass is 16.4. The fourth-order valence-corrected chi connectivity index (χ4v) is 0.714. The van der Waals surface area contributed by atoms with Gasteiger partial charge in [0.05, 0.1) is 0 Å². The smallest absolute Gasteiger partial charge is 0.427 e. The van der Waals surface area contributed by atoms with Crippen LogP contribution in [0, 0.1) is 0 Å². The number of carbonyl (C=O) groups is 2. The van der Waals surface area contributed by atoms with E-state index in [1.807, 2.05) is 0 Å². The zero-order valence-electron chi connectivity index (χ0n) is 5.71. The van der Waals surface area contributed by atoms with E-state index in [9.17, 15) is 9.59 Å². The largest absolute Gasteiger partial charge is 0.464 e. The Labute approximate surface area is 57.6 Å². The van der Waals surface area contributed by atoms with Crippen LogP contribution in [0.2, 0.25) is 0 Å². The van der Waals surface area contributed by atoms with Gasteiger partial charge in [0.2, 0.25) is 0 Å². The topological polar surface area (TPSA) is 69.6 Å². The van der Waals surface area contributed by atoms with Gasteiger partial charge in [-0.05, 0) is 13.8 Å². The fourth-order valence-electron chi connectivity index (χ4n) is 0.714. The number of amides is 2. The molecule has 0 aromatic carbocycles. The number of hydrogen-bond acceptors (Lipinski definition) is 2. The van der Waals surface area contributed by atoms with Crippen LogP contribution in [0.3, 0.4) is 0 Å². The van der Waals surface area contributed by atoms with Crippen molar-refractivity contribution in [1.82, 2.24) is 10.4 Å². The van der Waals surface area contributed by atoms with Gasteiger partial charge < -0.3 is 5.11 Å². The Balaban J connectivity index is 2.72. The molecule has 5 heteroatoms. The van der Waals surface area contributed by atoms with Gasteiger partial charge in [0.25, 0.3) is 5.91 Å². The van der Waals surface area contributed by atoms with Gasteiger partial charge in [0, 0.05) is 0 Å². The van der Waals surface area contributed by atoms with Crippen LogP contribution in [0.1, 0.15) is 13.8 Å². The number of hydrogen-bond donors (Lipinski definition) is 2. The molecule has 2 N–H and O–H groups in total. The molecule has 1 fully saturated rings. The average molecular weight is 144 g/mol. The van der Waals surface area contributed by atoms with Gasteiger partial charge in [0.1, 0.15) is 5.54 Å². The van der Waals surface area contributed by atoms with Crippen molar-refractivity contribution < 1.29 is 14.7 Å². The summed E-state index contributed by atoms with van der Waals surface area (Å²) in [5.74, 6) is -0.269. The quantitative estimate of drug-likeness (QED) is 0.494. The van der Waals surface area contributed by atoms with Crippen LogP contribution in [0.5, 0.6) is 0 Å². The second-order valence-corrected chi connectivity index (χ2v) is 2.62. The first kappa shape index (κ1) is 6.85. The molecular weight excluding hydrogens is 136 g/mol. The number of rotatable bonds is 0.